The second-order valence-electron chi connectivity index (χ2n) is 7.71. The number of fused-ring (bicyclic) bond motifs is 3. The number of aromatic amines is 1. The van der Waals surface area contributed by atoms with Crippen LogP contribution in [0.2, 0.25) is 0 Å². The van der Waals surface area contributed by atoms with Gasteiger partial charge in [-0.15, -0.1) is 11.3 Å². The topological polar surface area (TPSA) is 62.4 Å². The molecule has 1 unspecified atom stereocenters. The summed E-state index contributed by atoms with van der Waals surface area (Å²) in [5.74, 6) is 0.636. The van der Waals surface area contributed by atoms with Crippen LogP contribution >= 0.6 is 11.3 Å². The molecule has 1 N–H and O–H groups in total. The fourth-order valence-electron chi connectivity index (χ4n) is 4.47. The van der Waals surface area contributed by atoms with Crippen LogP contribution in [0, 0.1) is 0 Å². The average molecular weight is 431 g/mol. The van der Waals surface area contributed by atoms with Crippen LogP contribution in [0.5, 0.6) is 5.75 Å². The van der Waals surface area contributed by atoms with E-state index in [4.69, 9.17) is 4.74 Å². The Hall–Kier alpha value is -3.38. The Balaban J connectivity index is 1.67. The monoisotopic (exact) mass is 430 g/mol. The minimum Gasteiger partial charge on any atom is -0.496 e. The molecule has 0 fully saturated rings. The molecule has 156 valence electrons. The predicted octanol–water partition coefficient (Wildman–Crippen LogP) is 5.23. The third-order valence-corrected chi connectivity index (χ3v) is 6.95. The molecule has 5 rings (SSSR count). The van der Waals surface area contributed by atoms with Crippen LogP contribution < -0.4 is 4.74 Å². The van der Waals surface area contributed by atoms with Crippen LogP contribution in [0.4, 0.5) is 0 Å². The molecule has 0 bridgehead atoms. The Morgan fingerprint density at radius 1 is 1.13 bits per heavy atom. The van der Waals surface area contributed by atoms with Crippen LogP contribution in [0.1, 0.15) is 49.8 Å². The number of para-hydroxylation sites is 2. The number of hydrogen-bond acceptors (Lipinski definition) is 4. The zero-order valence-corrected chi connectivity index (χ0v) is 18.2. The van der Waals surface area contributed by atoms with Crippen molar-refractivity contribution < 1.29 is 14.3 Å². The van der Waals surface area contributed by atoms with Crippen molar-refractivity contribution in [3.63, 3.8) is 0 Å². The highest BCUT2D eigenvalue weighted by Gasteiger charge is 2.36. The smallest absolute Gasteiger partial charge is 0.255 e. The lowest BCUT2D eigenvalue weighted by Gasteiger charge is -2.36. The summed E-state index contributed by atoms with van der Waals surface area (Å²) in [6.45, 7) is 2.11. The molecule has 0 saturated carbocycles. The summed E-state index contributed by atoms with van der Waals surface area (Å²) in [6.07, 6.45) is 0.764. The van der Waals surface area contributed by atoms with E-state index in [1.165, 1.54) is 29.2 Å². The van der Waals surface area contributed by atoms with E-state index in [2.05, 4.69) is 17.1 Å². The first kappa shape index (κ1) is 19.6. The van der Waals surface area contributed by atoms with E-state index >= 15 is 0 Å². The summed E-state index contributed by atoms with van der Waals surface area (Å²) >= 11 is 1.31. The van der Waals surface area contributed by atoms with E-state index in [1.54, 1.807) is 18.6 Å². The van der Waals surface area contributed by atoms with Gasteiger partial charge in [0.05, 0.1) is 17.6 Å². The Bertz CT molecular complexity index is 1300. The van der Waals surface area contributed by atoms with Crippen molar-refractivity contribution in [1.29, 1.82) is 0 Å². The largest absolute Gasteiger partial charge is 0.496 e. The van der Waals surface area contributed by atoms with Crippen molar-refractivity contribution in [2.45, 2.75) is 19.4 Å². The Morgan fingerprint density at radius 2 is 1.90 bits per heavy atom. The second kappa shape index (κ2) is 7.71. The van der Waals surface area contributed by atoms with Gasteiger partial charge in [0, 0.05) is 34.1 Å². The van der Waals surface area contributed by atoms with Gasteiger partial charge in [-0.3, -0.25) is 9.59 Å². The first-order valence-corrected chi connectivity index (χ1v) is 11.1. The standard InChI is InChI=1S/C25H22N2O3S/c1-15(28)22-13-16(14-31-22)25(29)27-12-11-18-17-7-3-5-9-20(17)26-23(18)24(27)19-8-4-6-10-21(19)30-2/h3-10,13-14,24,26H,11-12H2,1-2H3. The molecule has 0 saturated heterocycles. The molecule has 6 heteroatoms. The quantitative estimate of drug-likeness (QED) is 0.451. The van der Waals surface area contributed by atoms with Crippen LogP contribution in [0.25, 0.3) is 10.9 Å². The number of ether oxygens (including phenoxy) is 1. The van der Waals surface area contributed by atoms with Gasteiger partial charge in [-0.25, -0.2) is 0 Å². The lowest BCUT2D eigenvalue weighted by Crippen LogP contribution is -2.40. The maximum absolute atomic E-state index is 13.6. The van der Waals surface area contributed by atoms with Gasteiger partial charge in [-0.05, 0) is 37.1 Å². The summed E-state index contributed by atoms with van der Waals surface area (Å²) in [5.41, 5.74) is 4.82. The molecule has 2 aromatic heterocycles. The van der Waals surface area contributed by atoms with Gasteiger partial charge in [0.2, 0.25) is 0 Å². The number of hydrogen-bond donors (Lipinski definition) is 1. The number of nitrogens with one attached hydrogen (secondary N) is 1. The zero-order chi connectivity index (χ0) is 21.5. The van der Waals surface area contributed by atoms with Crippen molar-refractivity contribution in [1.82, 2.24) is 9.88 Å². The van der Waals surface area contributed by atoms with Gasteiger partial charge in [0.15, 0.2) is 5.78 Å². The normalized spacial score (nSPS) is 15.7. The summed E-state index contributed by atoms with van der Waals surface area (Å²) in [7, 11) is 1.65. The molecule has 3 heterocycles. The lowest BCUT2D eigenvalue weighted by molar-refractivity contribution is 0.0690. The molecule has 0 radical (unpaired) electrons. The predicted molar refractivity (Wildman–Crippen MR) is 122 cm³/mol. The number of amides is 1. The number of carbonyl (C=O) groups excluding carboxylic acids is 2. The Kier molecular flexibility index (Phi) is 4.87. The van der Waals surface area contributed by atoms with Gasteiger partial charge in [-0.1, -0.05) is 36.4 Å². The molecular weight excluding hydrogens is 408 g/mol. The van der Waals surface area contributed by atoms with E-state index in [9.17, 15) is 9.59 Å². The van der Waals surface area contributed by atoms with Gasteiger partial charge in [0.1, 0.15) is 11.8 Å². The second-order valence-corrected chi connectivity index (χ2v) is 8.62. The van der Waals surface area contributed by atoms with E-state index < -0.39 is 0 Å². The highest BCUT2D eigenvalue weighted by Crippen LogP contribution is 2.42. The number of benzene rings is 2. The molecule has 1 amide bonds. The first-order chi connectivity index (χ1) is 15.1. The molecule has 0 aliphatic carbocycles. The molecule has 1 atom stereocenters. The number of nitrogens with zero attached hydrogens (tertiary/aromatic N) is 1. The van der Waals surface area contributed by atoms with Gasteiger partial charge in [-0.2, -0.15) is 0 Å². The Morgan fingerprint density at radius 3 is 2.68 bits per heavy atom. The number of carbonyl (C=O) groups is 2. The molecule has 4 aromatic rings. The van der Waals surface area contributed by atoms with Crippen LogP contribution in [-0.2, 0) is 6.42 Å². The lowest BCUT2D eigenvalue weighted by atomic mass is 9.91. The number of Topliss-reactive ketones (excluding diaryl/α,β-unsaturated/α-hetero) is 1. The number of methoxy groups -OCH3 is 1. The third kappa shape index (κ3) is 3.24. The van der Waals surface area contributed by atoms with E-state index in [-0.39, 0.29) is 17.7 Å². The van der Waals surface area contributed by atoms with Gasteiger partial charge in [0.25, 0.3) is 5.91 Å². The third-order valence-electron chi connectivity index (χ3n) is 5.92. The molecule has 31 heavy (non-hydrogen) atoms. The zero-order valence-electron chi connectivity index (χ0n) is 17.3. The number of ketones is 1. The van der Waals surface area contributed by atoms with Gasteiger partial charge >= 0.3 is 0 Å². The minimum atomic E-state index is -0.305. The number of thiophene rings is 1. The highest BCUT2D eigenvalue weighted by molar-refractivity contribution is 7.12. The SMILES string of the molecule is COc1ccccc1C1c2[nH]c3ccccc3c2CCN1C(=O)c1csc(C(C)=O)c1. The van der Waals surface area contributed by atoms with Crippen LogP contribution in [0.3, 0.4) is 0 Å². The first-order valence-electron chi connectivity index (χ1n) is 10.2. The average Bonchev–Trinajstić information content (AvgIpc) is 3.43. The van der Waals surface area contributed by atoms with Crippen molar-refractivity contribution >= 4 is 33.9 Å². The van der Waals surface area contributed by atoms with Crippen molar-refractivity contribution in [2.75, 3.05) is 13.7 Å². The Labute approximate surface area is 184 Å². The summed E-state index contributed by atoms with van der Waals surface area (Å²) in [5, 5.41) is 2.97. The molecule has 1 aliphatic heterocycles. The summed E-state index contributed by atoms with van der Waals surface area (Å²) in [4.78, 5) is 31.4. The molecule has 1 aliphatic rings. The van der Waals surface area contributed by atoms with Crippen molar-refractivity contribution in [3.8, 4) is 5.75 Å². The molecule has 0 spiro atoms. The van der Waals surface area contributed by atoms with Gasteiger partial charge < -0.3 is 14.6 Å². The number of H-pyrrole nitrogens is 1. The van der Waals surface area contributed by atoms with E-state index in [0.29, 0.717) is 17.0 Å². The maximum Gasteiger partial charge on any atom is 0.255 e. The highest BCUT2D eigenvalue weighted by atomic mass is 32.1. The number of aromatic nitrogens is 1. The van der Waals surface area contributed by atoms with E-state index in [0.717, 1.165) is 28.9 Å². The van der Waals surface area contributed by atoms with E-state index in [1.807, 2.05) is 41.3 Å². The number of rotatable bonds is 4. The fraction of sp³-hybridized carbons (Fsp3) is 0.200. The summed E-state index contributed by atoms with van der Waals surface area (Å²) in [6, 6.07) is 17.5. The molecular formula is C25H22N2O3S. The fourth-order valence-corrected chi connectivity index (χ4v) is 5.26. The maximum atomic E-state index is 13.6. The van der Waals surface area contributed by atoms with Crippen LogP contribution in [-0.4, -0.2) is 35.2 Å². The summed E-state index contributed by atoms with van der Waals surface area (Å²) < 4.78 is 5.66. The van der Waals surface area contributed by atoms with Crippen molar-refractivity contribution in [3.05, 3.63) is 87.2 Å². The minimum absolute atomic E-state index is 0.0260. The molecule has 2 aromatic carbocycles. The van der Waals surface area contributed by atoms with Crippen molar-refractivity contribution in [2.24, 2.45) is 0 Å². The van der Waals surface area contributed by atoms with Crippen LogP contribution in [0.15, 0.2) is 60.0 Å². The molecule has 5 nitrogen and oxygen atoms in total.